The minimum atomic E-state index is 0.640. The predicted octanol–water partition coefficient (Wildman–Crippen LogP) is 3.57. The van der Waals surface area contributed by atoms with E-state index < -0.39 is 0 Å². The largest absolute Gasteiger partial charge is 0.398 e. The smallest absolute Gasteiger partial charge is 0.0393 e. The molecule has 0 saturated carbocycles. The van der Waals surface area contributed by atoms with E-state index in [0.717, 1.165) is 11.1 Å². The first-order chi connectivity index (χ1) is 9.31. The Morgan fingerprint density at radius 2 is 1.32 bits per heavy atom. The zero-order valence-electron chi connectivity index (χ0n) is 10.8. The molecule has 96 valence electrons. The van der Waals surface area contributed by atoms with Gasteiger partial charge in [-0.2, -0.15) is 0 Å². The summed E-state index contributed by atoms with van der Waals surface area (Å²) in [6.45, 7) is 0.640. The molecule has 0 unspecified atom stereocenters. The molecular weight excluding hydrogens is 232 g/mol. The molecule has 0 radical (unpaired) electrons. The van der Waals surface area contributed by atoms with Gasteiger partial charge in [0.15, 0.2) is 0 Å². The summed E-state index contributed by atoms with van der Waals surface area (Å²) in [5, 5.41) is 2.34. The molecule has 0 aliphatic rings. The normalized spacial score (nSPS) is 9.74. The fourth-order valence-electron chi connectivity index (χ4n) is 1.86. The zero-order valence-corrected chi connectivity index (χ0v) is 10.8. The van der Waals surface area contributed by atoms with E-state index in [-0.39, 0.29) is 0 Å². The summed E-state index contributed by atoms with van der Waals surface area (Å²) >= 11 is 0. The summed E-state index contributed by atoms with van der Waals surface area (Å²) in [7, 11) is 0. The van der Waals surface area contributed by atoms with Crippen LogP contribution in [0.25, 0.3) is 10.8 Å². The Labute approximate surface area is 113 Å². The number of nitrogen functional groups attached to an aromatic ring is 1. The van der Waals surface area contributed by atoms with Crippen molar-refractivity contribution >= 4 is 16.5 Å². The number of anilines is 1. The second-order valence-corrected chi connectivity index (χ2v) is 4.26. The van der Waals surface area contributed by atoms with E-state index in [1.807, 2.05) is 60.7 Å². The van der Waals surface area contributed by atoms with E-state index in [1.54, 1.807) is 0 Å². The molecule has 0 heterocycles. The van der Waals surface area contributed by atoms with Gasteiger partial charge < -0.3 is 11.5 Å². The summed E-state index contributed by atoms with van der Waals surface area (Å²) < 4.78 is 0. The van der Waals surface area contributed by atoms with Crippen molar-refractivity contribution in [3.63, 3.8) is 0 Å². The molecule has 0 aromatic heterocycles. The molecular formula is C17H18N2. The van der Waals surface area contributed by atoms with Gasteiger partial charge in [-0.25, -0.2) is 0 Å². The molecule has 3 aromatic carbocycles. The molecule has 2 nitrogen and oxygen atoms in total. The molecule has 3 rings (SSSR count). The third kappa shape index (κ3) is 3.57. The van der Waals surface area contributed by atoms with Crippen molar-refractivity contribution in [2.24, 2.45) is 5.73 Å². The van der Waals surface area contributed by atoms with Crippen LogP contribution in [0.3, 0.4) is 0 Å². The average Bonchev–Trinajstić information content (AvgIpc) is 2.49. The van der Waals surface area contributed by atoms with Crippen molar-refractivity contribution < 1.29 is 0 Å². The maximum absolute atomic E-state index is 5.76. The first kappa shape index (κ1) is 13.1. The Morgan fingerprint density at radius 1 is 0.684 bits per heavy atom. The molecule has 0 atom stereocenters. The highest BCUT2D eigenvalue weighted by molar-refractivity contribution is 5.92. The van der Waals surface area contributed by atoms with Crippen molar-refractivity contribution in [2.45, 2.75) is 6.54 Å². The number of rotatable bonds is 1. The van der Waals surface area contributed by atoms with Crippen molar-refractivity contribution in [1.82, 2.24) is 0 Å². The van der Waals surface area contributed by atoms with Crippen LogP contribution in [0.4, 0.5) is 5.69 Å². The van der Waals surface area contributed by atoms with Gasteiger partial charge in [0.05, 0.1) is 0 Å². The molecule has 19 heavy (non-hydrogen) atoms. The lowest BCUT2D eigenvalue weighted by atomic mass is 10.1. The summed E-state index contributed by atoms with van der Waals surface area (Å²) in [4.78, 5) is 0. The number of benzene rings is 3. The Kier molecular flexibility index (Phi) is 4.54. The molecule has 0 aliphatic carbocycles. The molecule has 3 aromatic rings. The van der Waals surface area contributed by atoms with Crippen molar-refractivity contribution in [3.8, 4) is 0 Å². The van der Waals surface area contributed by atoms with Gasteiger partial charge in [-0.3, -0.25) is 0 Å². The van der Waals surface area contributed by atoms with Crippen LogP contribution in [-0.4, -0.2) is 0 Å². The molecule has 0 spiro atoms. The lowest BCUT2D eigenvalue weighted by molar-refractivity contribution is 1.07. The summed E-state index contributed by atoms with van der Waals surface area (Å²) in [6.07, 6.45) is 0. The van der Waals surface area contributed by atoms with Crippen LogP contribution < -0.4 is 11.5 Å². The number of hydrogen-bond donors (Lipinski definition) is 2. The molecule has 0 fully saturated rings. The first-order valence-corrected chi connectivity index (χ1v) is 6.28. The maximum atomic E-state index is 5.76. The molecule has 2 heteroatoms. The Morgan fingerprint density at radius 3 is 1.95 bits per heavy atom. The van der Waals surface area contributed by atoms with Crippen LogP contribution in [0.15, 0.2) is 72.8 Å². The van der Waals surface area contributed by atoms with Crippen molar-refractivity contribution in [3.05, 3.63) is 78.4 Å². The van der Waals surface area contributed by atoms with Crippen LogP contribution in [0.1, 0.15) is 5.56 Å². The van der Waals surface area contributed by atoms with Gasteiger partial charge in [0.1, 0.15) is 0 Å². The van der Waals surface area contributed by atoms with Gasteiger partial charge in [-0.15, -0.1) is 0 Å². The third-order valence-corrected chi connectivity index (χ3v) is 2.90. The zero-order chi connectivity index (χ0) is 13.5. The maximum Gasteiger partial charge on any atom is 0.0393 e. The average molecular weight is 250 g/mol. The molecule has 4 N–H and O–H groups in total. The van der Waals surface area contributed by atoms with Gasteiger partial charge in [0, 0.05) is 17.6 Å². The topological polar surface area (TPSA) is 52.0 Å². The fourth-order valence-corrected chi connectivity index (χ4v) is 1.86. The van der Waals surface area contributed by atoms with E-state index >= 15 is 0 Å². The van der Waals surface area contributed by atoms with Gasteiger partial charge in [-0.1, -0.05) is 66.7 Å². The highest BCUT2D eigenvalue weighted by Gasteiger charge is 1.92. The van der Waals surface area contributed by atoms with Crippen molar-refractivity contribution in [2.75, 3.05) is 5.73 Å². The summed E-state index contributed by atoms with van der Waals surface area (Å²) in [5.74, 6) is 0. The second-order valence-electron chi connectivity index (χ2n) is 4.26. The summed E-state index contributed by atoms with van der Waals surface area (Å²) in [6, 6.07) is 24.0. The Balaban J connectivity index is 0.000000148. The van der Waals surface area contributed by atoms with E-state index in [1.165, 1.54) is 10.9 Å². The van der Waals surface area contributed by atoms with Crippen LogP contribution in [0, 0.1) is 0 Å². The fraction of sp³-hybridized carbons (Fsp3) is 0.0588. The third-order valence-electron chi connectivity index (χ3n) is 2.90. The Hall–Kier alpha value is -2.32. The minimum Gasteiger partial charge on any atom is -0.398 e. The second kappa shape index (κ2) is 6.57. The lowest BCUT2D eigenvalue weighted by Gasteiger charge is -1.98. The van der Waals surface area contributed by atoms with E-state index in [2.05, 4.69) is 12.1 Å². The summed E-state index contributed by atoms with van der Waals surface area (Å²) in [5.41, 5.74) is 13.1. The van der Waals surface area contributed by atoms with Gasteiger partial charge in [-0.05, 0) is 17.0 Å². The Bertz CT molecular complexity index is 628. The van der Waals surface area contributed by atoms with E-state index in [0.29, 0.717) is 6.54 Å². The SMILES string of the molecule is NCc1ccccc1.Nc1cccc2ccccc12. The molecule has 0 amide bonds. The number of fused-ring (bicyclic) bond motifs is 1. The van der Waals surface area contributed by atoms with Gasteiger partial charge in [0.25, 0.3) is 0 Å². The van der Waals surface area contributed by atoms with Gasteiger partial charge >= 0.3 is 0 Å². The quantitative estimate of drug-likeness (QED) is 0.649. The minimum absolute atomic E-state index is 0.640. The predicted molar refractivity (Wildman–Crippen MR) is 82.7 cm³/mol. The standard InChI is InChI=1S/C10H9N.C7H9N/c11-10-7-3-5-8-4-1-2-6-9(8)10;8-6-7-4-2-1-3-5-7/h1-7H,11H2;1-5H,6,8H2. The molecule has 0 aliphatic heterocycles. The highest BCUT2D eigenvalue weighted by atomic mass is 14.5. The number of hydrogen-bond acceptors (Lipinski definition) is 2. The first-order valence-electron chi connectivity index (χ1n) is 6.28. The van der Waals surface area contributed by atoms with Crippen LogP contribution in [-0.2, 0) is 6.54 Å². The van der Waals surface area contributed by atoms with Crippen LogP contribution in [0.2, 0.25) is 0 Å². The highest BCUT2D eigenvalue weighted by Crippen LogP contribution is 2.19. The van der Waals surface area contributed by atoms with E-state index in [9.17, 15) is 0 Å². The van der Waals surface area contributed by atoms with Crippen molar-refractivity contribution in [1.29, 1.82) is 0 Å². The van der Waals surface area contributed by atoms with E-state index in [4.69, 9.17) is 11.5 Å². The van der Waals surface area contributed by atoms with Crippen LogP contribution in [0.5, 0.6) is 0 Å². The van der Waals surface area contributed by atoms with Gasteiger partial charge in [0.2, 0.25) is 0 Å². The van der Waals surface area contributed by atoms with Crippen LogP contribution >= 0.6 is 0 Å². The lowest BCUT2D eigenvalue weighted by Crippen LogP contribution is -1.94. The number of nitrogens with two attached hydrogens (primary N) is 2. The molecule has 0 saturated heterocycles. The monoisotopic (exact) mass is 250 g/mol. The molecule has 0 bridgehead atoms.